The fourth-order valence-corrected chi connectivity index (χ4v) is 4.38. The SMILES string of the molecule is CCC1CCCCN1C(=O)C(C)N1CCCC(N(C)CC(=O)O)CC1.Cl. The van der Waals surface area contributed by atoms with Gasteiger partial charge in [-0.2, -0.15) is 0 Å². The summed E-state index contributed by atoms with van der Waals surface area (Å²) in [4.78, 5) is 30.3. The Hall–Kier alpha value is -0.850. The number of carboxylic acids is 1. The number of piperidine rings is 1. The summed E-state index contributed by atoms with van der Waals surface area (Å²) < 4.78 is 0. The van der Waals surface area contributed by atoms with Gasteiger partial charge in [0.2, 0.25) is 5.91 Å². The summed E-state index contributed by atoms with van der Waals surface area (Å²) in [5, 5.41) is 8.99. The molecule has 6 nitrogen and oxygen atoms in total. The molecule has 2 aliphatic rings. The molecule has 2 heterocycles. The van der Waals surface area contributed by atoms with Crippen LogP contribution in [-0.2, 0) is 9.59 Å². The third-order valence-electron chi connectivity index (χ3n) is 6.03. The summed E-state index contributed by atoms with van der Waals surface area (Å²) >= 11 is 0. The second-order valence-electron chi connectivity index (χ2n) is 7.70. The van der Waals surface area contributed by atoms with E-state index in [-0.39, 0.29) is 30.9 Å². The highest BCUT2D eigenvalue weighted by atomic mass is 35.5. The third-order valence-corrected chi connectivity index (χ3v) is 6.03. The number of hydrogen-bond acceptors (Lipinski definition) is 4. The molecule has 3 unspecified atom stereocenters. The summed E-state index contributed by atoms with van der Waals surface area (Å²) in [5.41, 5.74) is 0. The van der Waals surface area contributed by atoms with Crippen molar-refractivity contribution in [2.45, 2.75) is 76.9 Å². The smallest absolute Gasteiger partial charge is 0.317 e. The van der Waals surface area contributed by atoms with E-state index in [9.17, 15) is 9.59 Å². The first-order chi connectivity index (χ1) is 11.9. The molecule has 0 aliphatic carbocycles. The van der Waals surface area contributed by atoms with E-state index in [2.05, 4.69) is 16.7 Å². The van der Waals surface area contributed by atoms with Crippen molar-refractivity contribution < 1.29 is 14.7 Å². The van der Waals surface area contributed by atoms with Crippen LogP contribution in [0.5, 0.6) is 0 Å². The molecule has 0 bridgehead atoms. The summed E-state index contributed by atoms with van der Waals surface area (Å²) in [5.74, 6) is -0.494. The van der Waals surface area contributed by atoms with Gasteiger partial charge in [0.1, 0.15) is 0 Å². The van der Waals surface area contributed by atoms with Crippen LogP contribution in [0.1, 0.15) is 58.8 Å². The molecule has 0 spiro atoms. The van der Waals surface area contributed by atoms with Gasteiger partial charge in [-0.15, -0.1) is 12.4 Å². The molecule has 1 N–H and O–H groups in total. The second-order valence-corrected chi connectivity index (χ2v) is 7.70. The van der Waals surface area contributed by atoms with Crippen LogP contribution in [0.15, 0.2) is 0 Å². The molecule has 26 heavy (non-hydrogen) atoms. The lowest BCUT2D eigenvalue weighted by molar-refractivity contribution is -0.140. The van der Waals surface area contributed by atoms with Crippen LogP contribution >= 0.6 is 12.4 Å². The maximum absolute atomic E-state index is 13.0. The molecule has 2 rings (SSSR count). The van der Waals surface area contributed by atoms with Crippen molar-refractivity contribution in [1.29, 1.82) is 0 Å². The number of likely N-dealkylation sites (N-methyl/N-ethyl adjacent to an activating group) is 1. The van der Waals surface area contributed by atoms with Gasteiger partial charge in [-0.3, -0.25) is 19.4 Å². The fraction of sp³-hybridized carbons (Fsp3) is 0.895. The number of carbonyl (C=O) groups excluding carboxylic acids is 1. The first-order valence-corrected chi connectivity index (χ1v) is 9.90. The second kappa shape index (κ2) is 11.1. The topological polar surface area (TPSA) is 64.1 Å². The van der Waals surface area contributed by atoms with Crippen LogP contribution in [0.3, 0.4) is 0 Å². The van der Waals surface area contributed by atoms with Crippen molar-refractivity contribution in [1.82, 2.24) is 14.7 Å². The largest absolute Gasteiger partial charge is 0.480 e. The van der Waals surface area contributed by atoms with E-state index in [1.165, 1.54) is 6.42 Å². The van der Waals surface area contributed by atoms with E-state index in [1.807, 2.05) is 18.9 Å². The summed E-state index contributed by atoms with van der Waals surface area (Å²) in [6.07, 6.45) is 7.48. The van der Waals surface area contributed by atoms with Gasteiger partial charge < -0.3 is 10.0 Å². The van der Waals surface area contributed by atoms with Crippen molar-refractivity contribution in [3.63, 3.8) is 0 Å². The number of likely N-dealkylation sites (tertiary alicyclic amines) is 2. The molecule has 0 saturated carbocycles. The molecule has 152 valence electrons. The highest BCUT2D eigenvalue weighted by Crippen LogP contribution is 2.23. The number of aliphatic carboxylic acids is 1. The molecular formula is C19H36ClN3O3. The molecule has 2 aliphatic heterocycles. The lowest BCUT2D eigenvalue weighted by Crippen LogP contribution is -2.52. The maximum atomic E-state index is 13.0. The van der Waals surface area contributed by atoms with Gasteiger partial charge in [0, 0.05) is 25.2 Å². The average Bonchev–Trinajstić information content (AvgIpc) is 2.86. The van der Waals surface area contributed by atoms with Gasteiger partial charge >= 0.3 is 5.97 Å². The number of rotatable bonds is 6. The van der Waals surface area contributed by atoms with Crippen molar-refractivity contribution in [3.8, 4) is 0 Å². The Balaban J connectivity index is 0.00000338. The van der Waals surface area contributed by atoms with Gasteiger partial charge in [0.05, 0.1) is 12.6 Å². The van der Waals surface area contributed by atoms with Crippen LogP contribution in [0.4, 0.5) is 0 Å². The van der Waals surface area contributed by atoms with Crippen molar-refractivity contribution in [2.75, 3.05) is 33.2 Å². The average molecular weight is 390 g/mol. The molecule has 2 fully saturated rings. The van der Waals surface area contributed by atoms with Crippen molar-refractivity contribution >= 4 is 24.3 Å². The molecule has 0 aromatic heterocycles. The van der Waals surface area contributed by atoms with Gasteiger partial charge in [-0.05, 0) is 65.5 Å². The van der Waals surface area contributed by atoms with E-state index < -0.39 is 5.97 Å². The minimum atomic E-state index is -0.775. The first kappa shape index (κ1) is 23.2. The zero-order valence-corrected chi connectivity index (χ0v) is 17.3. The van der Waals surface area contributed by atoms with Gasteiger partial charge in [-0.1, -0.05) is 6.92 Å². The highest BCUT2D eigenvalue weighted by Gasteiger charge is 2.32. The summed E-state index contributed by atoms with van der Waals surface area (Å²) in [6, 6.07) is 0.627. The van der Waals surface area contributed by atoms with Gasteiger partial charge in [0.15, 0.2) is 0 Å². The number of nitrogens with zero attached hydrogens (tertiary/aromatic N) is 3. The minimum absolute atomic E-state index is 0. The van der Waals surface area contributed by atoms with E-state index >= 15 is 0 Å². The summed E-state index contributed by atoms with van der Waals surface area (Å²) in [7, 11) is 1.89. The standard InChI is InChI=1S/C19H35N3O3.ClH/c1-4-16-8-5-6-12-22(16)19(25)15(2)21-11-7-9-17(10-13-21)20(3)14-18(23)24;/h15-17H,4-14H2,1-3H3,(H,23,24);1H. The molecular weight excluding hydrogens is 354 g/mol. The lowest BCUT2D eigenvalue weighted by Gasteiger charge is -2.39. The van der Waals surface area contributed by atoms with E-state index in [1.54, 1.807) is 0 Å². The highest BCUT2D eigenvalue weighted by molar-refractivity contribution is 5.85. The van der Waals surface area contributed by atoms with Crippen molar-refractivity contribution in [2.24, 2.45) is 0 Å². The Morgan fingerprint density at radius 1 is 1.12 bits per heavy atom. The molecule has 7 heteroatoms. The lowest BCUT2D eigenvalue weighted by atomic mass is 9.99. The van der Waals surface area contributed by atoms with Crippen LogP contribution in [0.25, 0.3) is 0 Å². The Morgan fingerprint density at radius 3 is 2.50 bits per heavy atom. The van der Waals surface area contributed by atoms with Crippen molar-refractivity contribution in [3.05, 3.63) is 0 Å². The fourth-order valence-electron chi connectivity index (χ4n) is 4.38. The van der Waals surface area contributed by atoms with Gasteiger partial charge in [-0.25, -0.2) is 0 Å². The Kier molecular flexibility index (Phi) is 9.90. The Bertz CT molecular complexity index is 463. The zero-order valence-electron chi connectivity index (χ0n) is 16.5. The number of hydrogen-bond donors (Lipinski definition) is 1. The number of carboxylic acid groups (broad SMARTS) is 1. The zero-order chi connectivity index (χ0) is 18.4. The van der Waals surface area contributed by atoms with Crippen LogP contribution in [0.2, 0.25) is 0 Å². The van der Waals surface area contributed by atoms with Crippen LogP contribution in [-0.4, -0.2) is 83.0 Å². The maximum Gasteiger partial charge on any atom is 0.317 e. The van der Waals surface area contributed by atoms with E-state index in [0.717, 1.165) is 58.2 Å². The number of carbonyl (C=O) groups is 2. The minimum Gasteiger partial charge on any atom is -0.480 e. The van der Waals surface area contributed by atoms with Crippen LogP contribution in [0, 0.1) is 0 Å². The normalized spacial score (nSPS) is 26.1. The summed E-state index contributed by atoms with van der Waals surface area (Å²) in [6.45, 7) is 7.01. The number of halogens is 1. The Morgan fingerprint density at radius 2 is 1.85 bits per heavy atom. The molecule has 0 aromatic rings. The predicted octanol–water partition coefficient (Wildman–Crippen LogP) is 2.46. The van der Waals surface area contributed by atoms with Gasteiger partial charge in [0.25, 0.3) is 0 Å². The van der Waals surface area contributed by atoms with Crippen LogP contribution < -0.4 is 0 Å². The monoisotopic (exact) mass is 389 g/mol. The molecule has 3 atom stereocenters. The van der Waals surface area contributed by atoms with E-state index in [0.29, 0.717) is 12.1 Å². The molecule has 1 amide bonds. The van der Waals surface area contributed by atoms with E-state index in [4.69, 9.17) is 5.11 Å². The Labute approximate surface area is 164 Å². The predicted molar refractivity (Wildman–Crippen MR) is 106 cm³/mol. The number of amides is 1. The quantitative estimate of drug-likeness (QED) is 0.755. The molecule has 0 aromatic carbocycles. The molecule has 2 saturated heterocycles. The third kappa shape index (κ3) is 6.10. The molecule has 0 radical (unpaired) electrons. The first-order valence-electron chi connectivity index (χ1n) is 9.90.